The molecule has 0 bridgehead atoms. The Morgan fingerprint density at radius 2 is 2.58 bits per heavy atom. The van der Waals surface area contributed by atoms with Gasteiger partial charge in [-0.1, -0.05) is 0 Å². The van der Waals surface area contributed by atoms with E-state index >= 15 is 0 Å². The molecule has 2 amide bonds. The Bertz CT molecular complexity index is 163. The number of hydrazine groups is 1. The third-order valence-electron chi connectivity index (χ3n) is 2.10. The minimum Gasteiger partial charge on any atom is -0.384 e. The standard InChI is InChI=1S/C7H15N3O2/c1-12-5-6-2-3-10(4-6)7(11)9-8/h6H,2-5,8H2,1H3,(H,9,11). The van der Waals surface area contributed by atoms with Crippen LogP contribution >= 0.6 is 0 Å². The van der Waals surface area contributed by atoms with Crippen LogP contribution in [0.1, 0.15) is 6.42 Å². The number of carbonyl (C=O) groups is 1. The number of hydrogen-bond acceptors (Lipinski definition) is 3. The average Bonchev–Trinajstić information content (AvgIpc) is 2.52. The molecule has 0 saturated carbocycles. The van der Waals surface area contributed by atoms with Crippen LogP contribution in [0.2, 0.25) is 0 Å². The third kappa shape index (κ3) is 2.09. The van der Waals surface area contributed by atoms with Crippen LogP contribution in [0.5, 0.6) is 0 Å². The molecule has 1 fully saturated rings. The SMILES string of the molecule is COCC1CCN(C(=O)NN)C1. The summed E-state index contributed by atoms with van der Waals surface area (Å²) in [4.78, 5) is 12.7. The van der Waals surface area contributed by atoms with Gasteiger partial charge in [-0.2, -0.15) is 0 Å². The van der Waals surface area contributed by atoms with E-state index in [1.165, 1.54) is 0 Å². The molecule has 1 saturated heterocycles. The van der Waals surface area contributed by atoms with E-state index in [1.54, 1.807) is 12.0 Å². The van der Waals surface area contributed by atoms with Crippen LogP contribution in [0.15, 0.2) is 0 Å². The van der Waals surface area contributed by atoms with Crippen LogP contribution in [0.3, 0.4) is 0 Å². The second kappa shape index (κ2) is 4.27. The minimum absolute atomic E-state index is 0.200. The van der Waals surface area contributed by atoms with Crippen molar-refractivity contribution in [1.29, 1.82) is 0 Å². The van der Waals surface area contributed by atoms with E-state index in [4.69, 9.17) is 10.6 Å². The lowest BCUT2D eigenvalue weighted by Crippen LogP contribution is -2.42. The summed E-state index contributed by atoms with van der Waals surface area (Å²) in [5, 5.41) is 0. The molecule has 5 heteroatoms. The molecule has 0 aromatic rings. The number of carbonyl (C=O) groups excluding carboxylic acids is 1. The first-order valence-corrected chi connectivity index (χ1v) is 4.02. The van der Waals surface area contributed by atoms with E-state index in [1.807, 2.05) is 0 Å². The molecule has 1 unspecified atom stereocenters. The summed E-state index contributed by atoms with van der Waals surface area (Å²) in [6.07, 6.45) is 1.00. The lowest BCUT2D eigenvalue weighted by atomic mass is 10.1. The van der Waals surface area contributed by atoms with Gasteiger partial charge in [0, 0.05) is 26.1 Å². The number of likely N-dealkylation sites (tertiary alicyclic amines) is 1. The normalized spacial score (nSPS) is 22.8. The fraction of sp³-hybridized carbons (Fsp3) is 0.857. The highest BCUT2D eigenvalue weighted by atomic mass is 16.5. The number of methoxy groups -OCH3 is 1. The van der Waals surface area contributed by atoms with Crippen LogP contribution in [0.4, 0.5) is 4.79 Å². The summed E-state index contributed by atoms with van der Waals surface area (Å²) in [5.41, 5.74) is 2.12. The molecule has 70 valence electrons. The van der Waals surface area contributed by atoms with Crippen LogP contribution in [0, 0.1) is 5.92 Å². The zero-order valence-corrected chi connectivity index (χ0v) is 7.25. The molecule has 1 heterocycles. The van der Waals surface area contributed by atoms with Gasteiger partial charge < -0.3 is 9.64 Å². The number of amides is 2. The summed E-state index contributed by atoms with van der Waals surface area (Å²) in [6, 6.07) is -0.200. The van der Waals surface area contributed by atoms with Crippen molar-refractivity contribution in [3.05, 3.63) is 0 Å². The first-order valence-electron chi connectivity index (χ1n) is 4.02. The minimum atomic E-state index is -0.200. The zero-order chi connectivity index (χ0) is 8.97. The Morgan fingerprint density at radius 1 is 1.83 bits per heavy atom. The summed E-state index contributed by atoms with van der Waals surface area (Å²) in [7, 11) is 1.67. The Labute approximate surface area is 71.8 Å². The zero-order valence-electron chi connectivity index (χ0n) is 7.25. The lowest BCUT2D eigenvalue weighted by Gasteiger charge is -2.14. The van der Waals surface area contributed by atoms with E-state index in [0.29, 0.717) is 12.5 Å². The van der Waals surface area contributed by atoms with Gasteiger partial charge in [0.2, 0.25) is 0 Å². The predicted octanol–water partition coefficient (Wildman–Crippen LogP) is -0.462. The van der Waals surface area contributed by atoms with Crippen LogP contribution in [-0.2, 0) is 4.74 Å². The average molecular weight is 173 g/mol. The number of rotatable bonds is 2. The molecule has 1 atom stereocenters. The lowest BCUT2D eigenvalue weighted by molar-refractivity contribution is 0.153. The van der Waals surface area contributed by atoms with Gasteiger partial charge in [-0.25, -0.2) is 10.6 Å². The van der Waals surface area contributed by atoms with Crippen LogP contribution in [-0.4, -0.2) is 37.7 Å². The number of urea groups is 1. The molecule has 1 aliphatic rings. The molecule has 0 spiro atoms. The number of nitrogens with zero attached hydrogens (tertiary/aromatic N) is 1. The molecule has 0 aromatic heterocycles. The van der Waals surface area contributed by atoms with Gasteiger partial charge in [-0.3, -0.25) is 5.43 Å². The fourth-order valence-corrected chi connectivity index (χ4v) is 1.48. The monoisotopic (exact) mass is 173 g/mol. The fourth-order valence-electron chi connectivity index (χ4n) is 1.48. The van der Waals surface area contributed by atoms with E-state index in [9.17, 15) is 4.79 Å². The van der Waals surface area contributed by atoms with Crippen LogP contribution in [0.25, 0.3) is 0 Å². The molecular formula is C7H15N3O2. The first-order chi connectivity index (χ1) is 5.77. The van der Waals surface area contributed by atoms with Crippen molar-refractivity contribution in [3.63, 3.8) is 0 Å². The highest BCUT2D eigenvalue weighted by Crippen LogP contribution is 2.15. The number of hydrogen-bond donors (Lipinski definition) is 2. The maximum atomic E-state index is 11.0. The van der Waals surface area contributed by atoms with E-state index in [-0.39, 0.29) is 6.03 Å². The van der Waals surface area contributed by atoms with Gasteiger partial charge in [0.05, 0.1) is 6.61 Å². The first kappa shape index (κ1) is 9.28. The molecule has 0 aliphatic carbocycles. The van der Waals surface area contributed by atoms with Gasteiger partial charge in [-0.05, 0) is 6.42 Å². The maximum Gasteiger partial charge on any atom is 0.331 e. The summed E-state index contributed by atoms with van der Waals surface area (Å²) in [5.74, 6) is 5.46. The Balaban J connectivity index is 2.30. The molecular weight excluding hydrogens is 158 g/mol. The van der Waals surface area contributed by atoms with Gasteiger partial charge in [0.15, 0.2) is 0 Å². The van der Waals surface area contributed by atoms with Crippen molar-refractivity contribution < 1.29 is 9.53 Å². The highest BCUT2D eigenvalue weighted by Gasteiger charge is 2.25. The van der Waals surface area contributed by atoms with Crippen molar-refractivity contribution in [3.8, 4) is 0 Å². The van der Waals surface area contributed by atoms with Gasteiger partial charge in [-0.15, -0.1) is 0 Å². The summed E-state index contributed by atoms with van der Waals surface area (Å²) in [6.45, 7) is 2.24. The maximum absolute atomic E-state index is 11.0. The summed E-state index contributed by atoms with van der Waals surface area (Å²) < 4.78 is 5.00. The Kier molecular flexibility index (Phi) is 3.31. The van der Waals surface area contributed by atoms with E-state index < -0.39 is 0 Å². The molecule has 1 aliphatic heterocycles. The summed E-state index contributed by atoms with van der Waals surface area (Å²) >= 11 is 0. The van der Waals surface area contributed by atoms with Crippen LogP contribution < -0.4 is 11.3 Å². The molecule has 12 heavy (non-hydrogen) atoms. The quantitative estimate of drug-likeness (QED) is 0.337. The number of nitrogens with one attached hydrogen (secondary N) is 1. The second-order valence-electron chi connectivity index (χ2n) is 3.01. The topological polar surface area (TPSA) is 67.6 Å². The van der Waals surface area contributed by atoms with E-state index in [2.05, 4.69) is 5.43 Å². The van der Waals surface area contributed by atoms with E-state index in [0.717, 1.165) is 19.5 Å². The second-order valence-corrected chi connectivity index (χ2v) is 3.01. The third-order valence-corrected chi connectivity index (χ3v) is 2.10. The smallest absolute Gasteiger partial charge is 0.331 e. The van der Waals surface area contributed by atoms with Crippen molar-refractivity contribution in [2.24, 2.45) is 11.8 Å². The molecule has 0 radical (unpaired) electrons. The molecule has 1 rings (SSSR count). The Hall–Kier alpha value is -0.810. The highest BCUT2D eigenvalue weighted by molar-refractivity contribution is 5.73. The van der Waals surface area contributed by atoms with Crippen molar-refractivity contribution >= 4 is 6.03 Å². The largest absolute Gasteiger partial charge is 0.384 e. The molecule has 5 nitrogen and oxygen atoms in total. The van der Waals surface area contributed by atoms with Crippen molar-refractivity contribution in [2.75, 3.05) is 26.8 Å². The Morgan fingerprint density at radius 3 is 3.17 bits per heavy atom. The molecule has 3 N–H and O–H groups in total. The molecule has 0 aromatic carbocycles. The van der Waals surface area contributed by atoms with Gasteiger partial charge >= 0.3 is 6.03 Å². The predicted molar refractivity (Wildman–Crippen MR) is 44.3 cm³/mol. The van der Waals surface area contributed by atoms with Crippen molar-refractivity contribution in [2.45, 2.75) is 6.42 Å². The number of nitrogens with two attached hydrogens (primary N) is 1. The van der Waals surface area contributed by atoms with Gasteiger partial charge in [0.25, 0.3) is 0 Å². The number of ether oxygens (including phenoxy) is 1. The van der Waals surface area contributed by atoms with Crippen molar-refractivity contribution in [1.82, 2.24) is 10.3 Å². The van der Waals surface area contributed by atoms with Gasteiger partial charge in [0.1, 0.15) is 0 Å².